The van der Waals surface area contributed by atoms with Crippen molar-refractivity contribution in [2.24, 2.45) is 0 Å². The number of sulfonamides is 1. The second-order valence-corrected chi connectivity index (χ2v) is 6.05. The lowest BCUT2D eigenvalue weighted by Crippen LogP contribution is -2.54. The maximum Gasteiger partial charge on any atom is 0.318 e. The van der Waals surface area contributed by atoms with Gasteiger partial charge in [-0.3, -0.25) is 9.59 Å². The van der Waals surface area contributed by atoms with Gasteiger partial charge in [0.1, 0.15) is 12.6 Å². The van der Waals surface area contributed by atoms with Gasteiger partial charge in [0.25, 0.3) is 0 Å². The molecule has 1 saturated heterocycles. The van der Waals surface area contributed by atoms with E-state index >= 15 is 0 Å². The van der Waals surface area contributed by atoms with Crippen molar-refractivity contribution in [3.63, 3.8) is 0 Å². The Hall–Kier alpha value is -1.15. The summed E-state index contributed by atoms with van der Waals surface area (Å²) in [6.45, 7) is -0.108. The summed E-state index contributed by atoms with van der Waals surface area (Å²) in [5.74, 6) is -1.61. The molecule has 1 fully saturated rings. The minimum atomic E-state index is -3.71. The summed E-state index contributed by atoms with van der Waals surface area (Å²) in [5.41, 5.74) is 0. The van der Waals surface area contributed by atoms with Crippen molar-refractivity contribution in [1.82, 2.24) is 9.21 Å². The van der Waals surface area contributed by atoms with Crippen molar-refractivity contribution in [2.45, 2.75) is 18.9 Å². The van der Waals surface area contributed by atoms with E-state index in [1.807, 2.05) is 0 Å². The Morgan fingerprint density at radius 3 is 2.65 bits per heavy atom. The third-order valence-electron chi connectivity index (χ3n) is 2.70. The van der Waals surface area contributed by atoms with Crippen LogP contribution in [0.25, 0.3) is 0 Å². The molecular formula is C9H16N2O5S. The SMILES string of the molecule is CN1CCC[C@H](N(CC(=O)O)S(C)(=O)=O)C1=O. The average molecular weight is 264 g/mol. The van der Waals surface area contributed by atoms with Crippen LogP contribution in [0, 0.1) is 0 Å². The van der Waals surface area contributed by atoms with Crippen LogP contribution in [0.1, 0.15) is 12.8 Å². The van der Waals surface area contributed by atoms with E-state index < -0.39 is 28.6 Å². The maximum atomic E-state index is 11.8. The quantitative estimate of drug-likeness (QED) is 0.699. The van der Waals surface area contributed by atoms with Crippen LogP contribution in [0.2, 0.25) is 0 Å². The van der Waals surface area contributed by atoms with Crippen LogP contribution in [0.15, 0.2) is 0 Å². The minimum Gasteiger partial charge on any atom is -0.480 e. The van der Waals surface area contributed by atoms with Crippen LogP contribution < -0.4 is 0 Å². The molecule has 1 heterocycles. The number of likely N-dealkylation sites (N-methyl/N-ethyl adjacent to an activating group) is 1. The van der Waals surface area contributed by atoms with Gasteiger partial charge < -0.3 is 10.0 Å². The Morgan fingerprint density at radius 2 is 2.18 bits per heavy atom. The average Bonchev–Trinajstić information content (AvgIpc) is 2.17. The number of hydrogen-bond acceptors (Lipinski definition) is 4. The zero-order chi connectivity index (χ0) is 13.2. The number of amides is 1. The predicted octanol–water partition coefficient (Wildman–Crippen LogP) is -1.05. The summed E-state index contributed by atoms with van der Waals surface area (Å²) in [6, 6.07) is -0.889. The molecule has 7 nitrogen and oxygen atoms in total. The van der Waals surface area contributed by atoms with Crippen molar-refractivity contribution in [2.75, 3.05) is 26.4 Å². The fourth-order valence-electron chi connectivity index (χ4n) is 1.87. The largest absolute Gasteiger partial charge is 0.480 e. The summed E-state index contributed by atoms with van der Waals surface area (Å²) in [4.78, 5) is 23.9. The lowest BCUT2D eigenvalue weighted by molar-refractivity contribution is -0.140. The molecule has 0 bridgehead atoms. The number of carboxylic acids is 1. The van der Waals surface area contributed by atoms with Gasteiger partial charge in [-0.15, -0.1) is 0 Å². The normalized spacial score (nSPS) is 21.9. The molecule has 0 aromatic heterocycles. The summed E-state index contributed by atoms with van der Waals surface area (Å²) in [6.07, 6.45) is 1.94. The van der Waals surface area contributed by atoms with Crippen LogP contribution in [0.5, 0.6) is 0 Å². The van der Waals surface area contributed by atoms with Crippen LogP contribution in [-0.4, -0.2) is 67.0 Å². The number of aliphatic carboxylic acids is 1. The summed E-state index contributed by atoms with van der Waals surface area (Å²) in [5, 5.41) is 8.70. The monoisotopic (exact) mass is 264 g/mol. The molecule has 0 aliphatic carbocycles. The number of piperidine rings is 1. The molecule has 1 atom stereocenters. The number of rotatable bonds is 4. The lowest BCUT2D eigenvalue weighted by atomic mass is 10.1. The molecule has 0 radical (unpaired) electrons. The van der Waals surface area contributed by atoms with E-state index in [-0.39, 0.29) is 5.91 Å². The Labute approximate surface area is 100 Å². The highest BCUT2D eigenvalue weighted by atomic mass is 32.2. The van der Waals surface area contributed by atoms with Gasteiger partial charge >= 0.3 is 5.97 Å². The number of carbonyl (C=O) groups is 2. The van der Waals surface area contributed by atoms with Gasteiger partial charge in [-0.25, -0.2) is 8.42 Å². The van der Waals surface area contributed by atoms with E-state index in [9.17, 15) is 18.0 Å². The van der Waals surface area contributed by atoms with Gasteiger partial charge in [0.05, 0.1) is 6.26 Å². The molecule has 17 heavy (non-hydrogen) atoms. The number of hydrogen-bond donors (Lipinski definition) is 1. The Kier molecular flexibility index (Phi) is 4.10. The first-order valence-corrected chi connectivity index (χ1v) is 7.02. The first-order valence-electron chi connectivity index (χ1n) is 5.17. The van der Waals surface area contributed by atoms with Gasteiger partial charge in [0, 0.05) is 13.6 Å². The first kappa shape index (κ1) is 13.9. The van der Waals surface area contributed by atoms with Gasteiger partial charge in [0.15, 0.2) is 0 Å². The molecular weight excluding hydrogens is 248 g/mol. The summed E-state index contributed by atoms with van der Waals surface area (Å²) >= 11 is 0. The Balaban J connectivity index is 2.97. The molecule has 1 aliphatic rings. The minimum absolute atomic E-state index is 0.345. The third-order valence-corrected chi connectivity index (χ3v) is 3.93. The zero-order valence-electron chi connectivity index (χ0n) is 9.79. The third kappa shape index (κ3) is 3.40. The van der Waals surface area contributed by atoms with Crippen molar-refractivity contribution >= 4 is 21.9 Å². The highest BCUT2D eigenvalue weighted by Gasteiger charge is 2.37. The fraction of sp³-hybridized carbons (Fsp3) is 0.778. The molecule has 0 spiro atoms. The van der Waals surface area contributed by atoms with E-state index in [1.54, 1.807) is 7.05 Å². The smallest absolute Gasteiger partial charge is 0.318 e. The Morgan fingerprint density at radius 1 is 1.59 bits per heavy atom. The maximum absolute atomic E-state index is 11.8. The van der Waals surface area contributed by atoms with Crippen LogP contribution in [-0.2, 0) is 19.6 Å². The fourth-order valence-corrected chi connectivity index (χ4v) is 2.87. The van der Waals surface area contributed by atoms with Gasteiger partial charge in [-0.1, -0.05) is 0 Å². The van der Waals surface area contributed by atoms with E-state index in [2.05, 4.69) is 0 Å². The van der Waals surface area contributed by atoms with Crippen molar-refractivity contribution in [3.05, 3.63) is 0 Å². The van der Waals surface area contributed by atoms with Crippen molar-refractivity contribution in [3.8, 4) is 0 Å². The number of likely N-dealkylation sites (tertiary alicyclic amines) is 1. The van der Waals surface area contributed by atoms with Crippen LogP contribution in [0.4, 0.5) is 0 Å². The molecule has 1 aliphatic heterocycles. The second kappa shape index (κ2) is 5.01. The lowest BCUT2D eigenvalue weighted by Gasteiger charge is -2.34. The van der Waals surface area contributed by atoms with Crippen LogP contribution >= 0.6 is 0 Å². The standard InChI is InChI=1S/C9H16N2O5S/c1-10-5-3-4-7(9(10)14)11(6-8(12)13)17(2,15)16/h7H,3-6H2,1-2H3,(H,12,13)/t7-/m0/s1. The van der Waals surface area contributed by atoms with Crippen LogP contribution in [0.3, 0.4) is 0 Å². The van der Waals surface area contributed by atoms with Gasteiger partial charge in [-0.05, 0) is 12.8 Å². The first-order chi connectivity index (χ1) is 7.73. The van der Waals surface area contributed by atoms with E-state index in [0.717, 1.165) is 10.6 Å². The summed E-state index contributed by atoms with van der Waals surface area (Å²) in [7, 11) is -2.13. The highest BCUT2D eigenvalue weighted by molar-refractivity contribution is 7.88. The van der Waals surface area contributed by atoms with Gasteiger partial charge in [-0.2, -0.15) is 4.31 Å². The molecule has 0 aromatic rings. The van der Waals surface area contributed by atoms with E-state index in [4.69, 9.17) is 5.11 Å². The van der Waals surface area contributed by atoms with Crippen molar-refractivity contribution < 1.29 is 23.1 Å². The van der Waals surface area contributed by atoms with Gasteiger partial charge in [0.2, 0.25) is 15.9 Å². The molecule has 1 amide bonds. The topological polar surface area (TPSA) is 95.0 Å². The zero-order valence-corrected chi connectivity index (χ0v) is 10.6. The van der Waals surface area contributed by atoms with Crippen molar-refractivity contribution in [1.29, 1.82) is 0 Å². The number of carboxylic acid groups (broad SMARTS) is 1. The molecule has 98 valence electrons. The number of carbonyl (C=O) groups excluding carboxylic acids is 1. The molecule has 0 saturated carbocycles. The Bertz CT molecular complexity index is 419. The summed E-state index contributed by atoms with van der Waals surface area (Å²) < 4.78 is 23.8. The molecule has 1 rings (SSSR count). The second-order valence-electron chi connectivity index (χ2n) is 4.12. The molecule has 0 unspecified atom stereocenters. The number of nitrogens with zero attached hydrogens (tertiary/aromatic N) is 2. The van der Waals surface area contributed by atoms with E-state index in [0.29, 0.717) is 19.4 Å². The highest BCUT2D eigenvalue weighted by Crippen LogP contribution is 2.18. The molecule has 0 aromatic carbocycles. The predicted molar refractivity (Wildman–Crippen MR) is 59.8 cm³/mol. The van der Waals surface area contributed by atoms with E-state index in [1.165, 1.54) is 4.90 Å². The molecule has 8 heteroatoms. The molecule has 1 N–H and O–H groups in total.